The number of halogens is 1. The number of carbonyl (C=O) groups is 2. The maximum Gasteiger partial charge on any atom is 0.357 e. The number of benzene rings is 2. The highest BCUT2D eigenvalue weighted by Crippen LogP contribution is 2.34. The Hall–Kier alpha value is -3.19. The topological polar surface area (TPSA) is 78.8 Å². The van der Waals surface area contributed by atoms with Crippen LogP contribution in [0.1, 0.15) is 17.4 Å². The summed E-state index contributed by atoms with van der Waals surface area (Å²) in [5.41, 5.74) is 1.52. The van der Waals surface area contributed by atoms with Crippen molar-refractivity contribution in [2.24, 2.45) is 7.05 Å². The molecule has 0 unspecified atom stereocenters. The lowest BCUT2D eigenvalue weighted by Gasteiger charge is -2.14. The number of amides is 1. The number of para-hydroxylation sites is 1. The summed E-state index contributed by atoms with van der Waals surface area (Å²) in [5.74, 6) is 0.0201. The van der Waals surface area contributed by atoms with Gasteiger partial charge in [0.25, 0.3) is 5.91 Å². The minimum absolute atomic E-state index is 0.145. The van der Waals surface area contributed by atoms with E-state index in [9.17, 15) is 9.59 Å². The Morgan fingerprint density at radius 2 is 1.93 bits per heavy atom. The molecule has 2 heterocycles. The van der Waals surface area contributed by atoms with Crippen molar-refractivity contribution in [3.63, 3.8) is 0 Å². The molecule has 7 nitrogen and oxygen atoms in total. The number of anilines is 1. The van der Waals surface area contributed by atoms with Crippen LogP contribution in [0.4, 0.5) is 5.69 Å². The summed E-state index contributed by atoms with van der Waals surface area (Å²) in [7, 11) is 1.72. The van der Waals surface area contributed by atoms with Gasteiger partial charge in [-0.2, -0.15) is 0 Å². The van der Waals surface area contributed by atoms with Crippen LogP contribution in [0.5, 0.6) is 11.5 Å². The molecule has 1 aromatic heterocycles. The van der Waals surface area contributed by atoms with E-state index in [0.717, 1.165) is 10.9 Å². The lowest BCUT2D eigenvalue weighted by atomic mass is 10.2. The lowest BCUT2D eigenvalue weighted by Crippen LogP contribution is -2.30. The highest BCUT2D eigenvalue weighted by molar-refractivity contribution is 6.38. The average molecular weight is 401 g/mol. The molecule has 1 N–H and O–H groups in total. The molecule has 4 rings (SSSR count). The summed E-state index contributed by atoms with van der Waals surface area (Å²) in [4.78, 5) is 25.1. The summed E-state index contributed by atoms with van der Waals surface area (Å²) in [6, 6.07) is 12.4. The summed E-state index contributed by atoms with van der Waals surface area (Å²) in [6.07, 6.45) is -1.02. The Bertz CT molecular complexity index is 1050. The molecule has 28 heavy (non-hydrogen) atoms. The van der Waals surface area contributed by atoms with Crippen molar-refractivity contribution >= 4 is 40.1 Å². The molecule has 0 aliphatic carbocycles. The van der Waals surface area contributed by atoms with Crippen LogP contribution in [-0.4, -0.2) is 29.3 Å². The molecule has 0 fully saturated rings. The van der Waals surface area contributed by atoms with Crippen LogP contribution in [0.2, 0.25) is 5.02 Å². The molecule has 1 aliphatic rings. The number of hydrogen-bond donors (Lipinski definition) is 1. The Kier molecular flexibility index (Phi) is 4.60. The van der Waals surface area contributed by atoms with Crippen molar-refractivity contribution in [3.8, 4) is 11.5 Å². The Morgan fingerprint density at radius 1 is 1.18 bits per heavy atom. The molecule has 3 aromatic rings. The number of hydrogen-bond acceptors (Lipinski definition) is 5. The number of esters is 1. The second-order valence-electron chi connectivity index (χ2n) is 6.34. The van der Waals surface area contributed by atoms with Gasteiger partial charge in [-0.1, -0.05) is 29.8 Å². The molecule has 1 amide bonds. The fourth-order valence-corrected chi connectivity index (χ4v) is 3.43. The highest BCUT2D eigenvalue weighted by Gasteiger charge is 2.25. The van der Waals surface area contributed by atoms with Crippen LogP contribution in [-0.2, 0) is 16.6 Å². The van der Waals surface area contributed by atoms with Gasteiger partial charge in [0.05, 0.1) is 5.02 Å². The van der Waals surface area contributed by atoms with Crippen molar-refractivity contribution in [3.05, 3.63) is 53.2 Å². The smallest absolute Gasteiger partial charge is 0.357 e. The molecule has 1 atom stereocenters. The molecule has 0 radical (unpaired) electrons. The molecule has 144 valence electrons. The number of rotatable bonds is 4. The van der Waals surface area contributed by atoms with Crippen LogP contribution in [0.3, 0.4) is 0 Å². The predicted molar refractivity (Wildman–Crippen MR) is 104 cm³/mol. The fraction of sp³-hybridized carbons (Fsp3) is 0.200. The van der Waals surface area contributed by atoms with Gasteiger partial charge in [0.1, 0.15) is 5.69 Å². The summed E-state index contributed by atoms with van der Waals surface area (Å²) < 4.78 is 17.5. The first-order chi connectivity index (χ1) is 13.5. The van der Waals surface area contributed by atoms with E-state index in [1.807, 2.05) is 24.3 Å². The van der Waals surface area contributed by atoms with Crippen molar-refractivity contribution in [1.82, 2.24) is 4.57 Å². The molecule has 0 spiro atoms. The van der Waals surface area contributed by atoms with E-state index >= 15 is 0 Å². The third kappa shape index (κ3) is 3.14. The number of ether oxygens (including phenoxy) is 3. The van der Waals surface area contributed by atoms with E-state index in [-0.39, 0.29) is 12.5 Å². The van der Waals surface area contributed by atoms with E-state index in [0.29, 0.717) is 22.2 Å². The number of aryl methyl sites for hydroxylation is 1. The van der Waals surface area contributed by atoms with Crippen molar-refractivity contribution in [2.45, 2.75) is 13.0 Å². The minimum atomic E-state index is -1.02. The van der Waals surface area contributed by atoms with Crippen LogP contribution < -0.4 is 14.8 Å². The van der Waals surface area contributed by atoms with E-state index in [1.54, 1.807) is 29.8 Å². The van der Waals surface area contributed by atoms with Gasteiger partial charge in [-0.3, -0.25) is 4.79 Å². The molecule has 0 bridgehead atoms. The second kappa shape index (κ2) is 7.09. The van der Waals surface area contributed by atoms with Crippen LogP contribution in [0, 0.1) is 0 Å². The van der Waals surface area contributed by atoms with E-state index < -0.39 is 18.0 Å². The fourth-order valence-electron chi connectivity index (χ4n) is 3.06. The van der Waals surface area contributed by atoms with Gasteiger partial charge in [-0.05, 0) is 25.1 Å². The average Bonchev–Trinajstić information content (AvgIpc) is 3.24. The van der Waals surface area contributed by atoms with Gasteiger partial charge in [0.15, 0.2) is 17.6 Å². The quantitative estimate of drug-likeness (QED) is 0.675. The minimum Gasteiger partial charge on any atom is -0.454 e. The van der Waals surface area contributed by atoms with Crippen LogP contribution in [0.25, 0.3) is 10.9 Å². The standard InChI is InChI=1S/C20H17ClN2O5/c1-11(19(24)22-12-7-8-15-16(9-12)27-10-26-15)28-20(25)18-17(21)13-5-3-4-6-14(13)23(18)2/h3-9,11H,10H2,1-2H3,(H,22,24)/t11-/m0/s1. The SMILES string of the molecule is C[C@H](OC(=O)c1c(Cl)c2ccccc2n1C)C(=O)Nc1ccc2c(c1)OCO2. The molecule has 0 saturated carbocycles. The van der Waals surface area contributed by atoms with Crippen molar-refractivity contribution in [2.75, 3.05) is 12.1 Å². The Balaban J connectivity index is 1.48. The molecular weight excluding hydrogens is 384 g/mol. The molecule has 8 heteroatoms. The maximum absolute atomic E-state index is 12.6. The second-order valence-corrected chi connectivity index (χ2v) is 6.72. The van der Waals surface area contributed by atoms with Gasteiger partial charge in [-0.15, -0.1) is 0 Å². The number of nitrogens with one attached hydrogen (secondary N) is 1. The number of carbonyl (C=O) groups excluding carboxylic acids is 2. The molecule has 2 aromatic carbocycles. The zero-order valence-electron chi connectivity index (χ0n) is 15.2. The Morgan fingerprint density at radius 3 is 2.71 bits per heavy atom. The largest absolute Gasteiger partial charge is 0.454 e. The number of aromatic nitrogens is 1. The third-order valence-electron chi connectivity index (χ3n) is 4.53. The van der Waals surface area contributed by atoms with Gasteiger partial charge >= 0.3 is 5.97 Å². The van der Waals surface area contributed by atoms with E-state index in [4.69, 9.17) is 25.8 Å². The summed E-state index contributed by atoms with van der Waals surface area (Å²) in [5, 5.41) is 3.74. The summed E-state index contributed by atoms with van der Waals surface area (Å²) in [6.45, 7) is 1.64. The zero-order chi connectivity index (χ0) is 19.8. The molecule has 1 aliphatic heterocycles. The maximum atomic E-state index is 12.6. The van der Waals surface area contributed by atoms with Crippen LogP contribution >= 0.6 is 11.6 Å². The van der Waals surface area contributed by atoms with Gasteiger partial charge in [0.2, 0.25) is 6.79 Å². The van der Waals surface area contributed by atoms with Crippen LogP contribution in [0.15, 0.2) is 42.5 Å². The zero-order valence-corrected chi connectivity index (χ0v) is 15.9. The normalized spacial score (nSPS) is 13.4. The molecule has 0 saturated heterocycles. The number of fused-ring (bicyclic) bond motifs is 2. The van der Waals surface area contributed by atoms with Gasteiger partial charge in [-0.25, -0.2) is 4.79 Å². The lowest BCUT2D eigenvalue weighted by molar-refractivity contribution is -0.123. The summed E-state index contributed by atoms with van der Waals surface area (Å²) >= 11 is 6.36. The third-order valence-corrected chi connectivity index (χ3v) is 4.91. The van der Waals surface area contributed by atoms with Gasteiger partial charge < -0.3 is 24.1 Å². The van der Waals surface area contributed by atoms with Gasteiger partial charge in [0, 0.05) is 29.7 Å². The molecular formula is C20H17ClN2O5. The first-order valence-corrected chi connectivity index (χ1v) is 8.98. The first-order valence-electron chi connectivity index (χ1n) is 8.60. The Labute approximate surface area is 165 Å². The van der Waals surface area contributed by atoms with Crippen molar-refractivity contribution in [1.29, 1.82) is 0 Å². The predicted octanol–water partition coefficient (Wildman–Crippen LogP) is 3.74. The first kappa shape index (κ1) is 18.2. The number of nitrogens with zero attached hydrogens (tertiary/aromatic N) is 1. The van der Waals surface area contributed by atoms with E-state index in [2.05, 4.69) is 5.32 Å². The monoisotopic (exact) mass is 400 g/mol. The highest BCUT2D eigenvalue weighted by atomic mass is 35.5. The van der Waals surface area contributed by atoms with E-state index in [1.165, 1.54) is 6.92 Å². The van der Waals surface area contributed by atoms with Crippen molar-refractivity contribution < 1.29 is 23.8 Å².